The number of aliphatic carboxylic acids is 1. The van der Waals surface area contributed by atoms with Crippen LogP contribution in [0.2, 0.25) is 0 Å². The van der Waals surface area contributed by atoms with Gasteiger partial charge in [0.05, 0.1) is 5.69 Å². The van der Waals surface area contributed by atoms with Gasteiger partial charge in [0, 0.05) is 0 Å². The second-order valence-electron chi connectivity index (χ2n) is 4.33. The summed E-state index contributed by atoms with van der Waals surface area (Å²) in [6.45, 7) is 5.48. The van der Waals surface area contributed by atoms with Gasteiger partial charge >= 0.3 is 5.97 Å². The molecule has 100 valence electrons. The topological polar surface area (TPSA) is 92.2 Å². The maximum absolute atomic E-state index is 12.0. The Labute approximate surface area is 110 Å². The summed E-state index contributed by atoms with van der Waals surface area (Å²) in [6.07, 6.45) is 1.52. The molecule has 0 aliphatic rings. The van der Waals surface area contributed by atoms with Crippen LogP contribution in [0.3, 0.4) is 0 Å². The molecule has 1 aromatic rings. The lowest BCUT2D eigenvalue weighted by Crippen LogP contribution is -2.44. The third-order valence-electron chi connectivity index (χ3n) is 2.47. The number of carbonyl (C=O) groups is 2. The molecule has 1 atom stereocenters. The number of aromatic nitrogens is 2. The zero-order valence-electron chi connectivity index (χ0n) is 10.6. The molecule has 0 spiro atoms. The number of rotatable bonds is 6. The molecule has 1 heterocycles. The monoisotopic (exact) mass is 271 g/mol. The largest absolute Gasteiger partial charge is 0.480 e. The highest BCUT2D eigenvalue weighted by Crippen LogP contribution is 2.13. The Hall–Kier alpha value is -1.50. The van der Waals surface area contributed by atoms with Crippen molar-refractivity contribution >= 4 is 23.4 Å². The van der Waals surface area contributed by atoms with E-state index in [0.29, 0.717) is 17.0 Å². The lowest BCUT2D eigenvalue weighted by Gasteiger charge is -2.17. The minimum atomic E-state index is -1.03. The third-order valence-corrected chi connectivity index (χ3v) is 3.23. The molecule has 0 aliphatic heterocycles. The molecule has 0 saturated heterocycles. The molecular weight excluding hydrogens is 254 g/mol. The number of hydrogen-bond donors (Lipinski definition) is 2. The van der Waals surface area contributed by atoms with Crippen molar-refractivity contribution in [2.45, 2.75) is 39.7 Å². The van der Waals surface area contributed by atoms with Gasteiger partial charge in [-0.2, -0.15) is 0 Å². The Morgan fingerprint density at radius 3 is 2.61 bits per heavy atom. The molecule has 18 heavy (non-hydrogen) atoms. The Kier molecular flexibility index (Phi) is 5.21. The molecule has 0 fully saturated rings. The number of amides is 1. The Bertz CT molecular complexity index is 431. The van der Waals surface area contributed by atoms with Crippen LogP contribution < -0.4 is 5.32 Å². The normalized spacial score (nSPS) is 12.4. The first-order valence-corrected chi connectivity index (χ1v) is 6.59. The standard InChI is InChI=1S/C11H17N3O3S/c1-4-5-7-9(18-14-13-7)10(15)12-8(6(2)3)11(16)17/h6,8H,4-5H2,1-3H3,(H,12,15)(H,16,17)/t8-/m1/s1. The lowest BCUT2D eigenvalue weighted by molar-refractivity contribution is -0.140. The average Bonchev–Trinajstić information content (AvgIpc) is 2.73. The maximum atomic E-state index is 12.0. The van der Waals surface area contributed by atoms with E-state index in [-0.39, 0.29) is 5.92 Å². The van der Waals surface area contributed by atoms with Gasteiger partial charge in [-0.3, -0.25) is 4.79 Å². The zero-order valence-corrected chi connectivity index (χ0v) is 11.5. The van der Waals surface area contributed by atoms with Gasteiger partial charge in [-0.15, -0.1) is 5.10 Å². The number of nitrogens with one attached hydrogen (secondary N) is 1. The number of carboxylic acid groups (broad SMARTS) is 1. The van der Waals surface area contributed by atoms with Gasteiger partial charge in [-0.1, -0.05) is 31.7 Å². The molecule has 1 aromatic heterocycles. The molecule has 0 aromatic carbocycles. The van der Waals surface area contributed by atoms with Crippen molar-refractivity contribution < 1.29 is 14.7 Å². The van der Waals surface area contributed by atoms with E-state index in [9.17, 15) is 9.59 Å². The van der Waals surface area contributed by atoms with Crippen LogP contribution in [0.25, 0.3) is 0 Å². The quantitative estimate of drug-likeness (QED) is 0.814. The third kappa shape index (κ3) is 3.49. The van der Waals surface area contributed by atoms with Crippen LogP contribution in [0.15, 0.2) is 0 Å². The van der Waals surface area contributed by atoms with Crippen LogP contribution in [-0.2, 0) is 11.2 Å². The molecule has 2 N–H and O–H groups in total. The second-order valence-corrected chi connectivity index (χ2v) is 5.09. The van der Waals surface area contributed by atoms with Crippen molar-refractivity contribution in [3.63, 3.8) is 0 Å². The summed E-state index contributed by atoms with van der Waals surface area (Å²) in [6, 6.07) is -0.894. The first-order valence-electron chi connectivity index (χ1n) is 5.82. The molecule has 6 nitrogen and oxygen atoms in total. The molecule has 0 radical (unpaired) electrons. The van der Waals surface area contributed by atoms with E-state index in [1.54, 1.807) is 13.8 Å². The maximum Gasteiger partial charge on any atom is 0.326 e. The van der Waals surface area contributed by atoms with Crippen molar-refractivity contribution in [3.05, 3.63) is 10.6 Å². The second kappa shape index (κ2) is 6.44. The number of aryl methyl sites for hydroxylation is 1. The molecule has 0 unspecified atom stereocenters. The van der Waals surface area contributed by atoms with Crippen LogP contribution in [0.5, 0.6) is 0 Å². The van der Waals surface area contributed by atoms with Crippen molar-refractivity contribution in [2.24, 2.45) is 5.92 Å². The lowest BCUT2D eigenvalue weighted by atomic mass is 10.0. The van der Waals surface area contributed by atoms with E-state index < -0.39 is 17.9 Å². The van der Waals surface area contributed by atoms with E-state index in [2.05, 4.69) is 14.9 Å². The zero-order chi connectivity index (χ0) is 13.7. The van der Waals surface area contributed by atoms with Crippen LogP contribution in [0.1, 0.15) is 42.6 Å². The molecule has 0 bridgehead atoms. The van der Waals surface area contributed by atoms with Crippen molar-refractivity contribution in [2.75, 3.05) is 0 Å². The van der Waals surface area contributed by atoms with Crippen LogP contribution in [-0.4, -0.2) is 32.6 Å². The van der Waals surface area contributed by atoms with Gasteiger partial charge in [-0.05, 0) is 23.9 Å². The van der Waals surface area contributed by atoms with Crippen molar-refractivity contribution in [1.82, 2.24) is 14.9 Å². The van der Waals surface area contributed by atoms with Gasteiger partial charge in [0.1, 0.15) is 10.9 Å². The summed E-state index contributed by atoms with van der Waals surface area (Å²) in [5.41, 5.74) is 0.632. The highest BCUT2D eigenvalue weighted by molar-refractivity contribution is 7.08. The van der Waals surface area contributed by atoms with E-state index in [1.807, 2.05) is 6.92 Å². The summed E-state index contributed by atoms with van der Waals surface area (Å²) in [7, 11) is 0. The van der Waals surface area contributed by atoms with Crippen molar-refractivity contribution in [3.8, 4) is 0 Å². The van der Waals surface area contributed by atoms with E-state index >= 15 is 0 Å². The van der Waals surface area contributed by atoms with E-state index in [4.69, 9.17) is 5.11 Å². The van der Waals surface area contributed by atoms with E-state index in [1.165, 1.54) is 0 Å². The smallest absolute Gasteiger partial charge is 0.326 e. The van der Waals surface area contributed by atoms with Gasteiger partial charge in [0.2, 0.25) is 0 Å². The van der Waals surface area contributed by atoms with Crippen molar-refractivity contribution in [1.29, 1.82) is 0 Å². The summed E-state index contributed by atoms with van der Waals surface area (Å²) in [5.74, 6) is -1.62. The fraction of sp³-hybridized carbons (Fsp3) is 0.636. The summed E-state index contributed by atoms with van der Waals surface area (Å²) in [5, 5.41) is 15.4. The van der Waals surface area contributed by atoms with E-state index in [0.717, 1.165) is 18.0 Å². The summed E-state index contributed by atoms with van der Waals surface area (Å²) < 4.78 is 3.74. The minimum Gasteiger partial charge on any atom is -0.480 e. The van der Waals surface area contributed by atoms with Crippen LogP contribution in [0.4, 0.5) is 0 Å². The predicted octanol–water partition coefficient (Wildman–Crippen LogP) is 1.33. The van der Waals surface area contributed by atoms with Crippen LogP contribution in [0, 0.1) is 5.92 Å². The SMILES string of the molecule is CCCc1nnsc1C(=O)N[C@@H](C(=O)O)C(C)C. The fourth-order valence-corrected chi connectivity index (χ4v) is 2.11. The number of carboxylic acids is 1. The molecule has 7 heteroatoms. The van der Waals surface area contributed by atoms with Gasteiger partial charge in [0.25, 0.3) is 5.91 Å². The number of nitrogens with zero attached hydrogens (tertiary/aromatic N) is 2. The summed E-state index contributed by atoms with van der Waals surface area (Å²) in [4.78, 5) is 23.4. The van der Waals surface area contributed by atoms with Gasteiger partial charge in [0.15, 0.2) is 0 Å². The first-order chi connectivity index (χ1) is 8.47. The Morgan fingerprint density at radius 2 is 2.11 bits per heavy atom. The van der Waals surface area contributed by atoms with Crippen LogP contribution >= 0.6 is 11.5 Å². The number of carbonyl (C=O) groups excluding carboxylic acids is 1. The molecule has 0 saturated carbocycles. The highest BCUT2D eigenvalue weighted by atomic mass is 32.1. The Morgan fingerprint density at radius 1 is 1.44 bits per heavy atom. The number of hydrogen-bond acceptors (Lipinski definition) is 5. The highest BCUT2D eigenvalue weighted by Gasteiger charge is 2.26. The fourth-order valence-electron chi connectivity index (χ4n) is 1.50. The van der Waals surface area contributed by atoms with Gasteiger partial charge in [-0.25, -0.2) is 4.79 Å². The molecular formula is C11H17N3O3S. The Balaban J connectivity index is 2.80. The molecule has 1 amide bonds. The minimum absolute atomic E-state index is 0.179. The molecule has 0 aliphatic carbocycles. The predicted molar refractivity (Wildman–Crippen MR) is 67.6 cm³/mol. The van der Waals surface area contributed by atoms with Gasteiger partial charge < -0.3 is 10.4 Å². The summed E-state index contributed by atoms with van der Waals surface area (Å²) >= 11 is 0.997. The molecule has 1 rings (SSSR count). The average molecular weight is 271 g/mol. The first kappa shape index (κ1) is 14.6.